The largest absolute Gasteiger partial charge is 0.299 e. The summed E-state index contributed by atoms with van der Waals surface area (Å²) in [6, 6.07) is 7.72. The van der Waals surface area contributed by atoms with Crippen molar-refractivity contribution >= 4 is 17.4 Å². The van der Waals surface area contributed by atoms with Crippen molar-refractivity contribution in [1.82, 2.24) is 0 Å². The summed E-state index contributed by atoms with van der Waals surface area (Å²) >= 11 is 5.77. The highest BCUT2D eigenvalue weighted by Gasteiger charge is 2.28. The molecule has 1 aliphatic carbocycles. The Morgan fingerprint density at radius 2 is 1.93 bits per heavy atom. The van der Waals surface area contributed by atoms with Gasteiger partial charge in [0.05, 0.1) is 0 Å². The zero-order valence-electron chi connectivity index (χ0n) is 8.00. The molecule has 0 aromatic heterocycles. The van der Waals surface area contributed by atoms with Gasteiger partial charge in [0, 0.05) is 17.4 Å². The van der Waals surface area contributed by atoms with Crippen molar-refractivity contribution in [2.75, 3.05) is 0 Å². The molecule has 0 amide bonds. The van der Waals surface area contributed by atoms with Gasteiger partial charge in [-0.25, -0.2) is 0 Å². The van der Waals surface area contributed by atoms with Crippen molar-refractivity contribution in [1.29, 1.82) is 0 Å². The molecule has 1 fully saturated rings. The molecule has 1 nitrogen and oxygen atoms in total. The number of Topliss-reactive ketones (excluding diaryl/α,β-unsaturated/α-hetero) is 1. The van der Waals surface area contributed by atoms with Crippen LogP contribution in [0.1, 0.15) is 24.8 Å². The molecular weight excluding hydrogens is 196 g/mol. The fourth-order valence-electron chi connectivity index (χ4n) is 1.53. The molecule has 0 saturated heterocycles. The van der Waals surface area contributed by atoms with E-state index in [0.717, 1.165) is 24.3 Å². The van der Waals surface area contributed by atoms with Crippen molar-refractivity contribution < 1.29 is 4.79 Å². The zero-order valence-corrected chi connectivity index (χ0v) is 8.76. The van der Waals surface area contributed by atoms with Crippen molar-refractivity contribution in [3.8, 4) is 0 Å². The summed E-state index contributed by atoms with van der Waals surface area (Å²) in [6.45, 7) is 0. The second-order valence-corrected chi connectivity index (χ2v) is 4.30. The van der Waals surface area contributed by atoms with Crippen LogP contribution in [-0.2, 0) is 11.2 Å². The van der Waals surface area contributed by atoms with Crippen molar-refractivity contribution in [2.45, 2.75) is 25.7 Å². The molecule has 74 valence electrons. The monoisotopic (exact) mass is 208 g/mol. The minimum Gasteiger partial charge on any atom is -0.299 e. The number of carbonyl (C=O) groups is 1. The number of rotatable bonds is 4. The van der Waals surface area contributed by atoms with E-state index < -0.39 is 0 Å². The highest BCUT2D eigenvalue weighted by atomic mass is 35.5. The smallest absolute Gasteiger partial charge is 0.136 e. The predicted molar refractivity (Wildman–Crippen MR) is 57.5 cm³/mol. The van der Waals surface area contributed by atoms with Crippen LogP contribution in [0, 0.1) is 5.92 Å². The van der Waals surface area contributed by atoms with Crippen molar-refractivity contribution in [2.24, 2.45) is 5.92 Å². The average Bonchev–Trinajstić information content (AvgIpc) is 3.00. The van der Waals surface area contributed by atoms with Gasteiger partial charge in [-0.1, -0.05) is 23.7 Å². The molecule has 1 aromatic carbocycles. The summed E-state index contributed by atoms with van der Waals surface area (Å²) in [5, 5.41) is 0.752. The summed E-state index contributed by atoms with van der Waals surface area (Å²) in [6.07, 6.45) is 3.76. The Labute approximate surface area is 89.1 Å². The van der Waals surface area contributed by atoms with Crippen LogP contribution in [0.5, 0.6) is 0 Å². The number of halogens is 1. The lowest BCUT2D eigenvalue weighted by atomic mass is 10.1. The quantitative estimate of drug-likeness (QED) is 0.743. The zero-order chi connectivity index (χ0) is 9.97. The number of hydrogen-bond acceptors (Lipinski definition) is 1. The Bertz CT molecular complexity index is 325. The Hall–Kier alpha value is -0.820. The third-order valence-electron chi connectivity index (χ3n) is 2.61. The van der Waals surface area contributed by atoms with Crippen molar-refractivity contribution in [3.63, 3.8) is 0 Å². The van der Waals surface area contributed by atoms with Gasteiger partial charge in [-0.2, -0.15) is 0 Å². The van der Waals surface area contributed by atoms with Gasteiger partial charge in [-0.15, -0.1) is 0 Å². The van der Waals surface area contributed by atoms with Crippen LogP contribution in [0.4, 0.5) is 0 Å². The maximum absolute atomic E-state index is 11.4. The van der Waals surface area contributed by atoms with Crippen LogP contribution < -0.4 is 0 Å². The van der Waals surface area contributed by atoms with Gasteiger partial charge < -0.3 is 0 Å². The molecule has 0 radical (unpaired) electrons. The first-order valence-electron chi connectivity index (χ1n) is 5.03. The first kappa shape index (κ1) is 9.72. The van der Waals surface area contributed by atoms with Crippen LogP contribution in [-0.4, -0.2) is 5.78 Å². The summed E-state index contributed by atoms with van der Waals surface area (Å²) < 4.78 is 0. The maximum Gasteiger partial charge on any atom is 0.136 e. The molecule has 0 bridgehead atoms. The highest BCUT2D eigenvalue weighted by molar-refractivity contribution is 6.30. The molecule has 0 spiro atoms. The minimum atomic E-state index is 0.391. The third kappa shape index (κ3) is 2.58. The van der Waals surface area contributed by atoms with Gasteiger partial charge in [0.1, 0.15) is 5.78 Å². The van der Waals surface area contributed by atoms with Crippen LogP contribution >= 0.6 is 11.6 Å². The molecule has 0 heterocycles. The lowest BCUT2D eigenvalue weighted by molar-refractivity contribution is -0.120. The molecule has 1 saturated carbocycles. The van der Waals surface area contributed by atoms with Crippen LogP contribution in [0.3, 0.4) is 0 Å². The normalized spacial score (nSPS) is 15.5. The van der Waals surface area contributed by atoms with Crippen LogP contribution in [0.15, 0.2) is 24.3 Å². The molecule has 14 heavy (non-hydrogen) atoms. The van der Waals surface area contributed by atoms with E-state index in [1.807, 2.05) is 24.3 Å². The standard InChI is InChI=1S/C12H13ClO/c13-11-6-1-9(2-7-11)3-8-12(14)10-4-5-10/h1-2,6-7,10H,3-5,8H2. The van der Waals surface area contributed by atoms with Gasteiger partial charge in [0.15, 0.2) is 0 Å². The Kier molecular flexibility index (Phi) is 2.87. The molecule has 0 aliphatic heterocycles. The number of hydrogen-bond donors (Lipinski definition) is 0. The van der Waals surface area contributed by atoms with E-state index in [0.29, 0.717) is 18.1 Å². The van der Waals surface area contributed by atoms with E-state index in [1.165, 1.54) is 5.56 Å². The maximum atomic E-state index is 11.4. The Morgan fingerprint density at radius 1 is 1.29 bits per heavy atom. The fourth-order valence-corrected chi connectivity index (χ4v) is 1.65. The summed E-state index contributed by atoms with van der Waals surface area (Å²) in [5.41, 5.74) is 1.20. The molecule has 2 rings (SSSR count). The van der Waals surface area contributed by atoms with E-state index >= 15 is 0 Å². The van der Waals surface area contributed by atoms with Crippen LogP contribution in [0.2, 0.25) is 5.02 Å². The summed E-state index contributed by atoms with van der Waals surface area (Å²) in [5.74, 6) is 0.822. The number of ketones is 1. The minimum absolute atomic E-state index is 0.391. The van der Waals surface area contributed by atoms with E-state index in [9.17, 15) is 4.79 Å². The van der Waals surface area contributed by atoms with Gasteiger partial charge in [-0.05, 0) is 37.0 Å². The molecule has 1 aliphatic rings. The van der Waals surface area contributed by atoms with E-state index in [2.05, 4.69) is 0 Å². The lowest BCUT2D eigenvalue weighted by Crippen LogP contribution is -2.01. The molecule has 0 atom stereocenters. The van der Waals surface area contributed by atoms with Gasteiger partial charge >= 0.3 is 0 Å². The first-order chi connectivity index (χ1) is 6.75. The van der Waals surface area contributed by atoms with Gasteiger partial charge in [-0.3, -0.25) is 4.79 Å². The number of benzene rings is 1. The fraction of sp³-hybridized carbons (Fsp3) is 0.417. The van der Waals surface area contributed by atoms with E-state index in [-0.39, 0.29) is 0 Å². The van der Waals surface area contributed by atoms with E-state index in [1.54, 1.807) is 0 Å². The summed E-state index contributed by atoms with van der Waals surface area (Å²) in [7, 11) is 0. The number of aryl methyl sites for hydroxylation is 1. The number of carbonyl (C=O) groups excluding carboxylic acids is 1. The predicted octanol–water partition coefficient (Wildman–Crippen LogP) is 3.25. The molecule has 0 unspecified atom stereocenters. The summed E-state index contributed by atoms with van der Waals surface area (Å²) in [4.78, 5) is 11.4. The van der Waals surface area contributed by atoms with E-state index in [4.69, 9.17) is 11.6 Å². The van der Waals surface area contributed by atoms with Gasteiger partial charge in [0.25, 0.3) is 0 Å². The molecule has 2 heteroatoms. The molecular formula is C12H13ClO. The molecule has 0 N–H and O–H groups in total. The second-order valence-electron chi connectivity index (χ2n) is 3.87. The SMILES string of the molecule is O=C(CCc1ccc(Cl)cc1)C1CC1. The molecule has 1 aromatic rings. The highest BCUT2D eigenvalue weighted by Crippen LogP contribution is 2.31. The third-order valence-corrected chi connectivity index (χ3v) is 2.86. The Morgan fingerprint density at radius 3 is 2.50 bits per heavy atom. The second kappa shape index (κ2) is 4.14. The topological polar surface area (TPSA) is 17.1 Å². The van der Waals surface area contributed by atoms with Crippen LogP contribution in [0.25, 0.3) is 0 Å². The Balaban J connectivity index is 1.85. The van der Waals surface area contributed by atoms with Crippen molar-refractivity contribution in [3.05, 3.63) is 34.9 Å². The average molecular weight is 209 g/mol. The first-order valence-corrected chi connectivity index (χ1v) is 5.40. The lowest BCUT2D eigenvalue weighted by Gasteiger charge is -2.00. The van der Waals surface area contributed by atoms with Gasteiger partial charge in [0.2, 0.25) is 0 Å².